The number of carbonyl (C=O) groups is 1. The fourth-order valence-electron chi connectivity index (χ4n) is 1.57. The Morgan fingerprint density at radius 2 is 1.94 bits per heavy atom. The smallest absolute Gasteiger partial charge is 0.137 e. The van der Waals surface area contributed by atoms with Crippen LogP contribution in [0.25, 0.3) is 0 Å². The number of ketones is 1. The Morgan fingerprint density at radius 3 is 2.50 bits per heavy atom. The third-order valence-electron chi connectivity index (χ3n) is 2.70. The summed E-state index contributed by atoms with van der Waals surface area (Å²) < 4.78 is 0. The van der Waals surface area contributed by atoms with E-state index in [9.17, 15) is 4.79 Å². The molecule has 2 nitrogen and oxygen atoms in total. The quantitative estimate of drug-likeness (QED) is 0.827. The first-order valence-corrected chi connectivity index (χ1v) is 5.73. The highest BCUT2D eigenvalue weighted by atomic mass is 16.1. The number of carbonyl (C=O) groups excluding carboxylic acids is 1. The fraction of sp³-hybridized carbons (Fsp3) is 0.500. The van der Waals surface area contributed by atoms with Crippen LogP contribution >= 0.6 is 0 Å². The van der Waals surface area contributed by atoms with Gasteiger partial charge in [0.1, 0.15) is 5.78 Å². The highest BCUT2D eigenvalue weighted by Crippen LogP contribution is 2.12. The molecule has 16 heavy (non-hydrogen) atoms. The second kappa shape index (κ2) is 5.26. The highest BCUT2D eigenvalue weighted by molar-refractivity contribution is 5.81. The third kappa shape index (κ3) is 4.58. The fourth-order valence-corrected chi connectivity index (χ4v) is 1.57. The SMILES string of the molecule is Cc1ccccc1CC(=O)CCC(C)(C)N. The monoisotopic (exact) mass is 219 g/mol. The van der Waals surface area contributed by atoms with Gasteiger partial charge in [-0.1, -0.05) is 24.3 Å². The van der Waals surface area contributed by atoms with Gasteiger partial charge in [-0.05, 0) is 38.3 Å². The van der Waals surface area contributed by atoms with Crippen molar-refractivity contribution in [2.45, 2.75) is 45.6 Å². The Labute approximate surface area is 97.9 Å². The number of benzene rings is 1. The van der Waals surface area contributed by atoms with Crippen molar-refractivity contribution in [2.24, 2.45) is 5.73 Å². The minimum absolute atomic E-state index is 0.249. The minimum atomic E-state index is -0.249. The Bertz CT molecular complexity index is 363. The molecule has 2 heteroatoms. The van der Waals surface area contributed by atoms with Crippen molar-refractivity contribution in [1.82, 2.24) is 0 Å². The maximum atomic E-state index is 11.8. The van der Waals surface area contributed by atoms with E-state index in [4.69, 9.17) is 5.73 Å². The largest absolute Gasteiger partial charge is 0.326 e. The van der Waals surface area contributed by atoms with Crippen LogP contribution in [0.5, 0.6) is 0 Å². The van der Waals surface area contributed by atoms with E-state index in [1.807, 2.05) is 45.0 Å². The summed E-state index contributed by atoms with van der Waals surface area (Å²) in [6.45, 7) is 5.94. The Hall–Kier alpha value is -1.15. The highest BCUT2D eigenvalue weighted by Gasteiger charge is 2.13. The van der Waals surface area contributed by atoms with E-state index in [0.29, 0.717) is 12.8 Å². The zero-order valence-corrected chi connectivity index (χ0v) is 10.4. The average molecular weight is 219 g/mol. The molecule has 88 valence electrons. The molecule has 0 fully saturated rings. The molecule has 0 heterocycles. The number of hydrogen-bond donors (Lipinski definition) is 1. The molecule has 1 rings (SSSR count). The van der Waals surface area contributed by atoms with Gasteiger partial charge in [0.2, 0.25) is 0 Å². The second-order valence-corrected chi connectivity index (χ2v) is 5.13. The standard InChI is InChI=1S/C14H21NO/c1-11-6-4-5-7-12(11)10-13(16)8-9-14(2,3)15/h4-7H,8-10,15H2,1-3H3. The van der Waals surface area contributed by atoms with Gasteiger partial charge in [-0.2, -0.15) is 0 Å². The Kier molecular flexibility index (Phi) is 4.25. The topological polar surface area (TPSA) is 43.1 Å². The minimum Gasteiger partial charge on any atom is -0.326 e. The summed E-state index contributed by atoms with van der Waals surface area (Å²) in [7, 11) is 0. The molecule has 0 unspecified atom stereocenters. The molecule has 0 aliphatic rings. The van der Waals surface area contributed by atoms with Gasteiger partial charge in [0.05, 0.1) is 0 Å². The summed E-state index contributed by atoms with van der Waals surface area (Å²) in [5.41, 5.74) is 7.92. The van der Waals surface area contributed by atoms with E-state index in [0.717, 1.165) is 12.0 Å². The van der Waals surface area contributed by atoms with Gasteiger partial charge in [0.25, 0.3) is 0 Å². The molecular formula is C14H21NO. The maximum absolute atomic E-state index is 11.8. The van der Waals surface area contributed by atoms with Crippen LogP contribution in [0.2, 0.25) is 0 Å². The van der Waals surface area contributed by atoms with E-state index < -0.39 is 0 Å². The molecule has 0 aromatic heterocycles. The lowest BCUT2D eigenvalue weighted by molar-refractivity contribution is -0.118. The van der Waals surface area contributed by atoms with Gasteiger partial charge >= 0.3 is 0 Å². The number of aryl methyl sites for hydroxylation is 1. The second-order valence-electron chi connectivity index (χ2n) is 5.13. The first kappa shape index (κ1) is 12.9. The van der Waals surface area contributed by atoms with Crippen molar-refractivity contribution in [3.05, 3.63) is 35.4 Å². The van der Waals surface area contributed by atoms with E-state index in [1.165, 1.54) is 5.56 Å². The van der Waals surface area contributed by atoms with Gasteiger partial charge in [-0.25, -0.2) is 0 Å². The summed E-state index contributed by atoms with van der Waals surface area (Å²) in [5.74, 6) is 0.271. The maximum Gasteiger partial charge on any atom is 0.137 e. The molecule has 0 saturated carbocycles. The lowest BCUT2D eigenvalue weighted by Crippen LogP contribution is -2.32. The van der Waals surface area contributed by atoms with Crippen molar-refractivity contribution in [3.63, 3.8) is 0 Å². The van der Waals surface area contributed by atoms with Crippen molar-refractivity contribution < 1.29 is 4.79 Å². The molecule has 1 aromatic carbocycles. The number of nitrogens with two attached hydrogens (primary N) is 1. The van der Waals surface area contributed by atoms with Crippen molar-refractivity contribution in [1.29, 1.82) is 0 Å². The van der Waals surface area contributed by atoms with E-state index >= 15 is 0 Å². The summed E-state index contributed by atoms with van der Waals surface area (Å²) in [6.07, 6.45) is 1.85. The van der Waals surface area contributed by atoms with Gasteiger partial charge in [0.15, 0.2) is 0 Å². The lowest BCUT2D eigenvalue weighted by Gasteiger charge is -2.17. The van der Waals surface area contributed by atoms with Gasteiger partial charge in [0, 0.05) is 18.4 Å². The summed E-state index contributed by atoms with van der Waals surface area (Å²) >= 11 is 0. The number of hydrogen-bond acceptors (Lipinski definition) is 2. The molecule has 0 radical (unpaired) electrons. The molecule has 0 aliphatic heterocycles. The lowest BCUT2D eigenvalue weighted by atomic mass is 9.95. The molecule has 0 atom stereocenters. The molecule has 0 saturated heterocycles. The first-order valence-electron chi connectivity index (χ1n) is 5.73. The van der Waals surface area contributed by atoms with E-state index in [-0.39, 0.29) is 11.3 Å². The number of rotatable bonds is 5. The third-order valence-corrected chi connectivity index (χ3v) is 2.70. The predicted octanol–water partition coefficient (Wildman–Crippen LogP) is 2.62. The van der Waals surface area contributed by atoms with Crippen LogP contribution in [0, 0.1) is 6.92 Å². The number of Topliss-reactive ketones (excluding diaryl/α,β-unsaturated/α-hetero) is 1. The van der Waals surface area contributed by atoms with Gasteiger partial charge in [-0.3, -0.25) is 4.79 Å². The predicted molar refractivity (Wildman–Crippen MR) is 67.4 cm³/mol. The molecule has 0 bridgehead atoms. The molecule has 1 aromatic rings. The summed E-state index contributed by atoms with van der Waals surface area (Å²) in [4.78, 5) is 11.8. The Balaban J connectivity index is 2.50. The van der Waals surface area contributed by atoms with Crippen LogP contribution in [-0.4, -0.2) is 11.3 Å². The van der Waals surface area contributed by atoms with Gasteiger partial charge in [-0.15, -0.1) is 0 Å². The van der Waals surface area contributed by atoms with Crippen LogP contribution in [0.1, 0.15) is 37.8 Å². The van der Waals surface area contributed by atoms with Crippen molar-refractivity contribution in [3.8, 4) is 0 Å². The average Bonchev–Trinajstić information content (AvgIpc) is 2.18. The molecular weight excluding hydrogens is 198 g/mol. The van der Waals surface area contributed by atoms with Crippen LogP contribution in [0.4, 0.5) is 0 Å². The van der Waals surface area contributed by atoms with Crippen molar-refractivity contribution in [2.75, 3.05) is 0 Å². The van der Waals surface area contributed by atoms with Crippen LogP contribution < -0.4 is 5.73 Å². The molecule has 0 spiro atoms. The van der Waals surface area contributed by atoms with Crippen molar-refractivity contribution >= 4 is 5.78 Å². The molecule has 2 N–H and O–H groups in total. The van der Waals surface area contributed by atoms with E-state index in [2.05, 4.69) is 0 Å². The van der Waals surface area contributed by atoms with Crippen LogP contribution in [0.15, 0.2) is 24.3 Å². The summed E-state index contributed by atoms with van der Waals surface area (Å²) in [6, 6.07) is 8.02. The summed E-state index contributed by atoms with van der Waals surface area (Å²) in [5, 5.41) is 0. The van der Waals surface area contributed by atoms with Crippen LogP contribution in [0.3, 0.4) is 0 Å². The van der Waals surface area contributed by atoms with Crippen LogP contribution in [-0.2, 0) is 11.2 Å². The molecule has 0 amide bonds. The molecule has 0 aliphatic carbocycles. The van der Waals surface area contributed by atoms with Gasteiger partial charge < -0.3 is 5.73 Å². The first-order chi connectivity index (χ1) is 7.38. The zero-order valence-electron chi connectivity index (χ0n) is 10.4. The normalized spacial score (nSPS) is 11.5. The zero-order chi connectivity index (χ0) is 12.2. The van der Waals surface area contributed by atoms with E-state index in [1.54, 1.807) is 0 Å². The Morgan fingerprint density at radius 1 is 1.31 bits per heavy atom.